The molecule has 0 atom stereocenters. The van der Waals surface area contributed by atoms with Gasteiger partial charge in [-0.1, -0.05) is 11.6 Å². The molecule has 0 fully saturated rings. The van der Waals surface area contributed by atoms with Crippen LogP contribution in [0.25, 0.3) is 0 Å². The highest BCUT2D eigenvalue weighted by atomic mass is 35.5. The Bertz CT molecular complexity index is 654. The van der Waals surface area contributed by atoms with E-state index < -0.39 is 11.7 Å². The summed E-state index contributed by atoms with van der Waals surface area (Å²) in [7, 11) is 2.96. The molecule has 2 rings (SSSR count). The first-order valence-corrected chi connectivity index (χ1v) is 6.40. The second-order valence-corrected chi connectivity index (χ2v) is 4.62. The maximum Gasteiger partial charge on any atom is 0.256 e. The van der Waals surface area contributed by atoms with Crippen molar-refractivity contribution in [2.75, 3.05) is 19.5 Å². The monoisotopic (exact) mass is 309 g/mol. The average Bonchev–Trinajstić information content (AvgIpc) is 2.50. The zero-order valence-electron chi connectivity index (χ0n) is 11.4. The number of nitrogens with one attached hydrogen (secondary N) is 1. The Hall–Kier alpha value is -2.27. The topological polar surface area (TPSA) is 47.6 Å². The van der Waals surface area contributed by atoms with E-state index in [0.29, 0.717) is 16.5 Å². The maximum atomic E-state index is 13.6. The van der Waals surface area contributed by atoms with E-state index in [4.69, 9.17) is 21.1 Å². The van der Waals surface area contributed by atoms with Crippen molar-refractivity contribution in [3.63, 3.8) is 0 Å². The van der Waals surface area contributed by atoms with Crippen LogP contribution in [0.2, 0.25) is 5.02 Å². The number of hydrogen-bond acceptors (Lipinski definition) is 3. The van der Waals surface area contributed by atoms with Crippen LogP contribution < -0.4 is 14.8 Å². The number of carbonyl (C=O) groups is 1. The summed E-state index contributed by atoms with van der Waals surface area (Å²) < 4.78 is 23.8. The second-order valence-electron chi connectivity index (χ2n) is 4.18. The molecule has 0 aliphatic carbocycles. The third-order valence-corrected chi connectivity index (χ3v) is 3.03. The molecule has 4 nitrogen and oxygen atoms in total. The smallest absolute Gasteiger partial charge is 0.256 e. The minimum absolute atomic E-state index is 0.00860. The summed E-state index contributed by atoms with van der Waals surface area (Å²) in [4.78, 5) is 12.2. The van der Waals surface area contributed by atoms with Crippen molar-refractivity contribution in [3.8, 4) is 11.5 Å². The first-order chi connectivity index (χ1) is 10.0. The van der Waals surface area contributed by atoms with Crippen molar-refractivity contribution in [1.82, 2.24) is 0 Å². The Morgan fingerprint density at radius 2 is 1.71 bits per heavy atom. The van der Waals surface area contributed by atoms with Gasteiger partial charge < -0.3 is 14.8 Å². The Labute approximate surface area is 126 Å². The quantitative estimate of drug-likeness (QED) is 0.935. The molecule has 2 aromatic rings. The van der Waals surface area contributed by atoms with Crippen molar-refractivity contribution in [2.24, 2.45) is 0 Å². The largest absolute Gasteiger partial charge is 0.497 e. The van der Waals surface area contributed by atoms with Crippen LogP contribution in [0, 0.1) is 5.82 Å². The van der Waals surface area contributed by atoms with E-state index >= 15 is 0 Å². The number of rotatable bonds is 4. The minimum atomic E-state index is -0.567. The van der Waals surface area contributed by atoms with Crippen molar-refractivity contribution in [3.05, 3.63) is 52.8 Å². The van der Waals surface area contributed by atoms with Gasteiger partial charge in [-0.15, -0.1) is 0 Å². The molecule has 0 saturated heterocycles. The molecule has 0 saturated carbocycles. The molecule has 2 aromatic carbocycles. The van der Waals surface area contributed by atoms with Crippen LogP contribution in [0.15, 0.2) is 36.4 Å². The fourth-order valence-corrected chi connectivity index (χ4v) is 1.90. The third-order valence-electron chi connectivity index (χ3n) is 2.79. The zero-order chi connectivity index (χ0) is 15.4. The number of amides is 1. The van der Waals surface area contributed by atoms with Crippen molar-refractivity contribution in [1.29, 1.82) is 0 Å². The van der Waals surface area contributed by atoms with Crippen molar-refractivity contribution < 1.29 is 18.7 Å². The Morgan fingerprint density at radius 1 is 1.10 bits per heavy atom. The summed E-state index contributed by atoms with van der Waals surface area (Å²) in [5.74, 6) is -0.131. The average molecular weight is 310 g/mol. The van der Waals surface area contributed by atoms with Crippen LogP contribution in [0.3, 0.4) is 0 Å². The Morgan fingerprint density at radius 3 is 2.29 bits per heavy atom. The summed E-state index contributed by atoms with van der Waals surface area (Å²) >= 11 is 5.78. The molecule has 0 bridgehead atoms. The fourth-order valence-electron chi connectivity index (χ4n) is 1.73. The highest BCUT2D eigenvalue weighted by molar-refractivity contribution is 6.31. The van der Waals surface area contributed by atoms with Gasteiger partial charge in [0.15, 0.2) is 0 Å². The summed E-state index contributed by atoms with van der Waals surface area (Å²) in [5, 5.41) is 2.79. The van der Waals surface area contributed by atoms with Crippen molar-refractivity contribution >= 4 is 23.2 Å². The number of methoxy groups -OCH3 is 2. The molecular formula is C15H13ClFNO3. The predicted octanol–water partition coefficient (Wildman–Crippen LogP) is 3.75. The molecule has 0 heterocycles. The van der Waals surface area contributed by atoms with E-state index in [1.54, 1.807) is 6.07 Å². The zero-order valence-corrected chi connectivity index (χ0v) is 12.2. The molecule has 0 aromatic heterocycles. The van der Waals surface area contributed by atoms with Gasteiger partial charge in [-0.3, -0.25) is 4.79 Å². The van der Waals surface area contributed by atoms with Crippen LogP contribution in [-0.2, 0) is 0 Å². The fraction of sp³-hybridized carbons (Fsp3) is 0.133. The molecule has 0 aliphatic heterocycles. The Balaban J connectivity index is 2.29. The molecule has 110 valence electrons. The van der Waals surface area contributed by atoms with Crippen LogP contribution >= 0.6 is 11.6 Å². The van der Waals surface area contributed by atoms with E-state index in [1.165, 1.54) is 44.6 Å². The van der Waals surface area contributed by atoms with E-state index in [9.17, 15) is 9.18 Å². The number of ether oxygens (including phenoxy) is 2. The highest BCUT2D eigenvalue weighted by Crippen LogP contribution is 2.24. The number of carbonyl (C=O) groups excluding carboxylic acids is 1. The van der Waals surface area contributed by atoms with Crippen LogP contribution in [0.1, 0.15) is 10.4 Å². The van der Waals surface area contributed by atoms with Gasteiger partial charge in [0.1, 0.15) is 17.3 Å². The van der Waals surface area contributed by atoms with Crippen molar-refractivity contribution in [2.45, 2.75) is 0 Å². The lowest BCUT2D eigenvalue weighted by Crippen LogP contribution is -2.13. The molecule has 0 spiro atoms. The summed E-state index contributed by atoms with van der Waals surface area (Å²) in [6.45, 7) is 0. The van der Waals surface area contributed by atoms with Gasteiger partial charge in [-0.2, -0.15) is 0 Å². The summed E-state index contributed by atoms with van der Waals surface area (Å²) in [5.41, 5.74) is 0.292. The van der Waals surface area contributed by atoms with Gasteiger partial charge in [-0.05, 0) is 30.3 Å². The second kappa shape index (κ2) is 6.45. The first kappa shape index (κ1) is 15.1. The molecule has 0 radical (unpaired) electrons. The molecule has 1 N–H and O–H groups in total. The number of hydrogen-bond donors (Lipinski definition) is 1. The minimum Gasteiger partial charge on any atom is -0.497 e. The molecule has 0 aliphatic rings. The molecule has 21 heavy (non-hydrogen) atoms. The highest BCUT2D eigenvalue weighted by Gasteiger charge is 2.12. The molecule has 0 unspecified atom stereocenters. The van der Waals surface area contributed by atoms with Gasteiger partial charge in [0.2, 0.25) is 0 Å². The predicted molar refractivity (Wildman–Crippen MR) is 78.9 cm³/mol. The lowest BCUT2D eigenvalue weighted by atomic mass is 10.1. The lowest BCUT2D eigenvalue weighted by Gasteiger charge is -2.10. The van der Waals surface area contributed by atoms with E-state index in [0.717, 1.165) is 0 Å². The summed E-state index contributed by atoms with van der Waals surface area (Å²) in [6.07, 6.45) is 0. The van der Waals surface area contributed by atoms with Gasteiger partial charge in [-0.25, -0.2) is 4.39 Å². The van der Waals surface area contributed by atoms with E-state index in [-0.39, 0.29) is 11.3 Å². The van der Waals surface area contributed by atoms with Gasteiger partial charge in [0.25, 0.3) is 5.91 Å². The number of halogens is 2. The van der Waals surface area contributed by atoms with Crippen LogP contribution in [-0.4, -0.2) is 20.1 Å². The molecular weight excluding hydrogens is 297 g/mol. The number of anilines is 1. The SMILES string of the molecule is COc1cc(OC)cc(C(=O)Nc2cc(Cl)ccc2F)c1. The molecule has 6 heteroatoms. The maximum absolute atomic E-state index is 13.6. The Kier molecular flexibility index (Phi) is 4.65. The van der Waals surface area contributed by atoms with Crippen LogP contribution in [0.5, 0.6) is 11.5 Å². The number of benzene rings is 2. The van der Waals surface area contributed by atoms with Gasteiger partial charge in [0, 0.05) is 16.7 Å². The third kappa shape index (κ3) is 3.64. The van der Waals surface area contributed by atoms with Gasteiger partial charge in [0.05, 0.1) is 19.9 Å². The first-order valence-electron chi connectivity index (χ1n) is 6.03. The normalized spacial score (nSPS) is 10.1. The van der Waals surface area contributed by atoms with Gasteiger partial charge >= 0.3 is 0 Å². The summed E-state index contributed by atoms with van der Waals surface area (Å²) in [6, 6.07) is 8.62. The van der Waals surface area contributed by atoms with E-state index in [1.807, 2.05) is 0 Å². The molecule has 1 amide bonds. The lowest BCUT2D eigenvalue weighted by molar-refractivity contribution is 0.102. The van der Waals surface area contributed by atoms with E-state index in [2.05, 4.69) is 5.32 Å². The van der Waals surface area contributed by atoms with Crippen LogP contribution in [0.4, 0.5) is 10.1 Å². The standard InChI is InChI=1S/C15H13ClFNO3/c1-20-11-5-9(6-12(8-11)21-2)15(19)18-14-7-10(16)3-4-13(14)17/h3-8H,1-2H3,(H,18,19).